The zero-order valence-corrected chi connectivity index (χ0v) is 9.53. The van der Waals surface area contributed by atoms with Crippen LogP contribution in [0.3, 0.4) is 0 Å². The van der Waals surface area contributed by atoms with Crippen molar-refractivity contribution < 1.29 is 9.90 Å². The molecule has 4 N–H and O–H groups in total. The van der Waals surface area contributed by atoms with Crippen LogP contribution in [-0.2, 0) is 0 Å². The number of nitrogens with zero attached hydrogens (tertiary/aromatic N) is 1. The van der Waals surface area contributed by atoms with Crippen LogP contribution in [0.15, 0.2) is 18.2 Å². The van der Waals surface area contributed by atoms with E-state index in [9.17, 15) is 4.79 Å². The molecule has 0 saturated heterocycles. The predicted molar refractivity (Wildman–Crippen MR) is 64.4 cm³/mol. The van der Waals surface area contributed by atoms with Gasteiger partial charge in [0.25, 0.3) is 5.91 Å². The van der Waals surface area contributed by atoms with Gasteiger partial charge in [-0.15, -0.1) is 0 Å². The number of nitrogen functional groups attached to an aromatic ring is 1. The molecule has 5 heteroatoms. The van der Waals surface area contributed by atoms with Gasteiger partial charge in [-0.05, 0) is 18.2 Å². The summed E-state index contributed by atoms with van der Waals surface area (Å²) < 4.78 is 0. The average Bonchev–Trinajstić information content (AvgIpc) is 2.25. The molecule has 0 bridgehead atoms. The van der Waals surface area contributed by atoms with E-state index >= 15 is 0 Å². The van der Waals surface area contributed by atoms with E-state index < -0.39 is 0 Å². The van der Waals surface area contributed by atoms with Crippen molar-refractivity contribution in [2.45, 2.75) is 0 Å². The van der Waals surface area contributed by atoms with Gasteiger partial charge in [-0.2, -0.15) is 0 Å². The van der Waals surface area contributed by atoms with E-state index in [4.69, 9.17) is 10.8 Å². The largest absolute Gasteiger partial charge is 0.399 e. The standard InChI is InChI=1S/C11H17N3O2/c1-14(2)11(16)9-4-3-8(12)7-10(9)13-5-6-15/h3-4,7,13,15H,5-6,12H2,1-2H3. The molecule has 88 valence electrons. The maximum absolute atomic E-state index is 11.8. The minimum atomic E-state index is -0.0968. The molecule has 0 saturated carbocycles. The topological polar surface area (TPSA) is 78.6 Å². The highest BCUT2D eigenvalue weighted by Gasteiger charge is 2.12. The fraction of sp³-hybridized carbons (Fsp3) is 0.364. The second kappa shape index (κ2) is 5.37. The highest BCUT2D eigenvalue weighted by molar-refractivity contribution is 5.99. The van der Waals surface area contributed by atoms with Crippen molar-refractivity contribution in [3.63, 3.8) is 0 Å². The molecule has 1 rings (SSSR count). The number of aliphatic hydroxyl groups is 1. The van der Waals surface area contributed by atoms with Crippen LogP contribution >= 0.6 is 0 Å². The van der Waals surface area contributed by atoms with Gasteiger partial charge in [0.05, 0.1) is 12.2 Å². The molecule has 0 aliphatic carbocycles. The molecule has 0 unspecified atom stereocenters. The number of carbonyl (C=O) groups excluding carboxylic acids is 1. The number of hydrogen-bond donors (Lipinski definition) is 3. The number of nitrogens with one attached hydrogen (secondary N) is 1. The first-order chi connectivity index (χ1) is 7.56. The Labute approximate surface area is 94.9 Å². The van der Waals surface area contributed by atoms with Crippen molar-refractivity contribution in [2.24, 2.45) is 0 Å². The molecular weight excluding hydrogens is 206 g/mol. The smallest absolute Gasteiger partial charge is 0.255 e. The lowest BCUT2D eigenvalue weighted by Gasteiger charge is -2.15. The SMILES string of the molecule is CN(C)C(=O)c1ccc(N)cc1NCCO. The average molecular weight is 223 g/mol. The Morgan fingerprint density at radius 1 is 1.50 bits per heavy atom. The third-order valence-electron chi connectivity index (χ3n) is 2.11. The summed E-state index contributed by atoms with van der Waals surface area (Å²) in [4.78, 5) is 13.3. The first kappa shape index (κ1) is 12.3. The van der Waals surface area contributed by atoms with Gasteiger partial charge in [0, 0.05) is 32.0 Å². The van der Waals surface area contributed by atoms with Gasteiger partial charge in [0.2, 0.25) is 0 Å². The van der Waals surface area contributed by atoms with Crippen LogP contribution in [0.1, 0.15) is 10.4 Å². The molecular formula is C11H17N3O2. The number of aliphatic hydroxyl groups excluding tert-OH is 1. The number of amides is 1. The summed E-state index contributed by atoms with van der Waals surface area (Å²) in [7, 11) is 3.38. The van der Waals surface area contributed by atoms with Crippen LogP contribution < -0.4 is 11.1 Å². The van der Waals surface area contributed by atoms with Crippen LogP contribution in [0.2, 0.25) is 0 Å². The Kier molecular flexibility index (Phi) is 4.13. The number of rotatable bonds is 4. The number of carbonyl (C=O) groups is 1. The van der Waals surface area contributed by atoms with E-state index in [-0.39, 0.29) is 12.5 Å². The van der Waals surface area contributed by atoms with E-state index in [0.717, 1.165) is 0 Å². The number of nitrogens with two attached hydrogens (primary N) is 1. The number of benzene rings is 1. The third kappa shape index (κ3) is 2.87. The Morgan fingerprint density at radius 2 is 2.19 bits per heavy atom. The number of anilines is 2. The van der Waals surface area contributed by atoms with Crippen molar-refractivity contribution in [1.29, 1.82) is 0 Å². The quantitative estimate of drug-likeness (QED) is 0.645. The maximum atomic E-state index is 11.8. The Bertz CT molecular complexity index is 377. The van der Waals surface area contributed by atoms with E-state index in [1.165, 1.54) is 4.90 Å². The van der Waals surface area contributed by atoms with Gasteiger partial charge in [0.1, 0.15) is 0 Å². The molecule has 5 nitrogen and oxygen atoms in total. The number of hydrogen-bond acceptors (Lipinski definition) is 4. The Balaban J connectivity index is 3.02. The third-order valence-corrected chi connectivity index (χ3v) is 2.11. The molecule has 16 heavy (non-hydrogen) atoms. The molecule has 0 aliphatic rings. The van der Waals surface area contributed by atoms with Gasteiger partial charge in [-0.3, -0.25) is 4.79 Å². The molecule has 1 aromatic carbocycles. The lowest BCUT2D eigenvalue weighted by molar-refractivity contribution is 0.0828. The summed E-state index contributed by atoms with van der Waals surface area (Å²) in [6, 6.07) is 5.05. The summed E-state index contributed by atoms with van der Waals surface area (Å²) >= 11 is 0. The Morgan fingerprint density at radius 3 is 2.75 bits per heavy atom. The van der Waals surface area contributed by atoms with Crippen molar-refractivity contribution in [3.8, 4) is 0 Å². The van der Waals surface area contributed by atoms with Gasteiger partial charge in [0.15, 0.2) is 0 Å². The van der Waals surface area contributed by atoms with Crippen LogP contribution in [0, 0.1) is 0 Å². The minimum Gasteiger partial charge on any atom is -0.399 e. The summed E-state index contributed by atoms with van der Waals surface area (Å²) in [5.41, 5.74) is 7.42. The summed E-state index contributed by atoms with van der Waals surface area (Å²) in [5.74, 6) is -0.0968. The van der Waals surface area contributed by atoms with E-state index in [1.54, 1.807) is 32.3 Å². The van der Waals surface area contributed by atoms with Crippen molar-refractivity contribution in [2.75, 3.05) is 38.3 Å². The highest BCUT2D eigenvalue weighted by Crippen LogP contribution is 2.20. The van der Waals surface area contributed by atoms with Gasteiger partial charge in [-0.25, -0.2) is 0 Å². The monoisotopic (exact) mass is 223 g/mol. The Hall–Kier alpha value is -1.75. The first-order valence-electron chi connectivity index (χ1n) is 5.02. The summed E-state index contributed by atoms with van der Waals surface area (Å²) in [6.45, 7) is 0.390. The van der Waals surface area contributed by atoms with Crippen LogP contribution in [0.4, 0.5) is 11.4 Å². The summed E-state index contributed by atoms with van der Waals surface area (Å²) in [5, 5.41) is 11.7. The van der Waals surface area contributed by atoms with Crippen LogP contribution in [-0.4, -0.2) is 43.2 Å². The molecule has 1 aromatic rings. The molecule has 0 aliphatic heterocycles. The van der Waals surface area contributed by atoms with E-state index in [2.05, 4.69) is 5.32 Å². The molecule has 0 heterocycles. The van der Waals surface area contributed by atoms with Crippen LogP contribution in [0.5, 0.6) is 0 Å². The van der Waals surface area contributed by atoms with Gasteiger partial charge < -0.3 is 21.1 Å². The van der Waals surface area contributed by atoms with Gasteiger partial charge >= 0.3 is 0 Å². The maximum Gasteiger partial charge on any atom is 0.255 e. The summed E-state index contributed by atoms with van der Waals surface area (Å²) in [6.07, 6.45) is 0. The lowest BCUT2D eigenvalue weighted by Crippen LogP contribution is -2.23. The molecule has 0 spiro atoms. The normalized spacial score (nSPS) is 9.94. The fourth-order valence-electron chi connectivity index (χ4n) is 1.33. The minimum absolute atomic E-state index is 0.00436. The molecule has 0 aromatic heterocycles. The van der Waals surface area contributed by atoms with Crippen molar-refractivity contribution >= 4 is 17.3 Å². The zero-order valence-electron chi connectivity index (χ0n) is 9.53. The van der Waals surface area contributed by atoms with Crippen molar-refractivity contribution in [3.05, 3.63) is 23.8 Å². The van der Waals surface area contributed by atoms with Gasteiger partial charge in [-0.1, -0.05) is 0 Å². The van der Waals surface area contributed by atoms with Crippen molar-refractivity contribution in [1.82, 2.24) is 4.90 Å². The predicted octanol–water partition coefficient (Wildman–Crippen LogP) is 0.375. The van der Waals surface area contributed by atoms with Crippen LogP contribution in [0.25, 0.3) is 0 Å². The fourth-order valence-corrected chi connectivity index (χ4v) is 1.33. The van der Waals surface area contributed by atoms with E-state index in [1.807, 2.05) is 0 Å². The molecule has 1 amide bonds. The lowest BCUT2D eigenvalue weighted by atomic mass is 10.1. The second-order valence-electron chi connectivity index (χ2n) is 3.65. The molecule has 0 atom stereocenters. The molecule has 0 radical (unpaired) electrons. The first-order valence-corrected chi connectivity index (χ1v) is 5.02. The zero-order chi connectivity index (χ0) is 12.1. The second-order valence-corrected chi connectivity index (χ2v) is 3.65. The molecule has 0 fully saturated rings. The van der Waals surface area contributed by atoms with E-state index in [0.29, 0.717) is 23.5 Å². The highest BCUT2D eigenvalue weighted by atomic mass is 16.3.